The van der Waals surface area contributed by atoms with E-state index >= 15 is 0 Å². The molecule has 1 aliphatic rings. The van der Waals surface area contributed by atoms with Gasteiger partial charge in [0.05, 0.1) is 37.4 Å². The number of nitrogens with one attached hydrogen (secondary N) is 1. The quantitative estimate of drug-likeness (QED) is 0.396. The van der Waals surface area contributed by atoms with Crippen molar-refractivity contribution in [1.82, 2.24) is 19.9 Å². The molecule has 4 heterocycles. The van der Waals surface area contributed by atoms with Gasteiger partial charge in [-0.15, -0.1) is 11.3 Å². The van der Waals surface area contributed by atoms with Crippen molar-refractivity contribution >= 4 is 44.0 Å². The molecular weight excluding hydrogens is 404 g/mol. The maximum atomic E-state index is 9.67. The molecule has 1 saturated carbocycles. The Labute approximate surface area is 182 Å². The van der Waals surface area contributed by atoms with Crippen LogP contribution in [-0.2, 0) is 0 Å². The molecule has 0 aliphatic heterocycles. The van der Waals surface area contributed by atoms with Gasteiger partial charge >= 0.3 is 0 Å². The van der Waals surface area contributed by atoms with Crippen LogP contribution in [0.2, 0.25) is 0 Å². The molecule has 0 bridgehead atoms. The molecule has 1 aromatic carbocycles. The van der Waals surface area contributed by atoms with Gasteiger partial charge in [0.25, 0.3) is 0 Å². The smallest absolute Gasteiger partial charge is 0.141 e. The van der Waals surface area contributed by atoms with Gasteiger partial charge in [-0.1, -0.05) is 0 Å². The van der Waals surface area contributed by atoms with Crippen LogP contribution in [0.5, 0.6) is 0 Å². The molecule has 4 aromatic heterocycles. The number of hydrogen-bond acceptors (Lipinski definition) is 7. The van der Waals surface area contributed by atoms with Crippen LogP contribution in [0.3, 0.4) is 0 Å². The predicted molar refractivity (Wildman–Crippen MR) is 122 cm³/mol. The van der Waals surface area contributed by atoms with Crippen LogP contribution < -0.4 is 5.32 Å². The molecule has 0 amide bonds. The summed E-state index contributed by atoms with van der Waals surface area (Å²) in [6.07, 6.45) is 7.62. The van der Waals surface area contributed by atoms with Crippen molar-refractivity contribution in [3.05, 3.63) is 71.6 Å². The molecular formula is C24H16N6S. The second-order valence-corrected chi connectivity index (χ2v) is 8.65. The van der Waals surface area contributed by atoms with E-state index < -0.39 is 0 Å². The third kappa shape index (κ3) is 3.27. The summed E-state index contributed by atoms with van der Waals surface area (Å²) in [5.41, 5.74) is 4.91. The Morgan fingerprint density at radius 1 is 0.968 bits per heavy atom. The van der Waals surface area contributed by atoms with Crippen LogP contribution in [0.1, 0.15) is 29.3 Å². The van der Waals surface area contributed by atoms with Crippen molar-refractivity contribution in [2.24, 2.45) is 0 Å². The van der Waals surface area contributed by atoms with Gasteiger partial charge in [0.2, 0.25) is 0 Å². The average Bonchev–Trinajstić information content (AvgIpc) is 3.58. The molecule has 0 unspecified atom stereocenters. The van der Waals surface area contributed by atoms with Crippen molar-refractivity contribution in [2.45, 2.75) is 18.8 Å². The largest absolute Gasteiger partial charge is 0.340 e. The third-order valence-corrected chi connectivity index (χ3v) is 6.59. The fourth-order valence-electron chi connectivity index (χ4n) is 3.69. The molecule has 0 radical (unpaired) electrons. The Kier molecular flexibility index (Phi) is 4.11. The van der Waals surface area contributed by atoms with Gasteiger partial charge in [-0.2, -0.15) is 5.26 Å². The molecule has 6 rings (SSSR count). The lowest BCUT2D eigenvalue weighted by molar-refractivity contribution is 1.10. The SMILES string of the molecule is N#Cc1ccnc2cc(-c3ccncc3)nc(Nc3ccc4nc(C5CC5)sc4c3)c12. The highest BCUT2D eigenvalue weighted by Crippen LogP contribution is 2.43. The zero-order valence-electron chi connectivity index (χ0n) is 16.4. The number of nitriles is 1. The zero-order valence-corrected chi connectivity index (χ0v) is 17.2. The first-order valence-corrected chi connectivity index (χ1v) is 10.9. The number of thiazole rings is 1. The van der Waals surface area contributed by atoms with Gasteiger partial charge in [-0.25, -0.2) is 9.97 Å². The molecule has 1 aliphatic carbocycles. The summed E-state index contributed by atoms with van der Waals surface area (Å²) < 4.78 is 1.15. The first kappa shape index (κ1) is 17.9. The first-order valence-electron chi connectivity index (χ1n) is 10.1. The van der Waals surface area contributed by atoms with Crippen LogP contribution in [0, 0.1) is 11.3 Å². The Balaban J connectivity index is 1.49. The third-order valence-electron chi connectivity index (χ3n) is 5.41. The van der Waals surface area contributed by atoms with E-state index in [1.807, 2.05) is 30.3 Å². The van der Waals surface area contributed by atoms with E-state index in [0.29, 0.717) is 22.7 Å². The predicted octanol–water partition coefficient (Wildman–Crippen LogP) is 5.79. The lowest BCUT2D eigenvalue weighted by Crippen LogP contribution is -1.99. The highest BCUT2D eigenvalue weighted by molar-refractivity contribution is 7.18. The second kappa shape index (κ2) is 7.11. The van der Waals surface area contributed by atoms with Crippen molar-refractivity contribution in [2.75, 3.05) is 5.32 Å². The van der Waals surface area contributed by atoms with Crippen LogP contribution in [0.25, 0.3) is 32.4 Å². The van der Waals surface area contributed by atoms with Crippen LogP contribution in [-0.4, -0.2) is 19.9 Å². The number of benzene rings is 1. The van der Waals surface area contributed by atoms with E-state index in [1.165, 1.54) is 17.8 Å². The van der Waals surface area contributed by atoms with Crippen molar-refractivity contribution < 1.29 is 0 Å². The molecule has 0 spiro atoms. The number of nitrogens with zero attached hydrogens (tertiary/aromatic N) is 5. The Morgan fingerprint density at radius 3 is 2.65 bits per heavy atom. The van der Waals surface area contributed by atoms with Gasteiger partial charge in [0.15, 0.2) is 0 Å². The highest BCUT2D eigenvalue weighted by Gasteiger charge is 2.27. The molecule has 31 heavy (non-hydrogen) atoms. The summed E-state index contributed by atoms with van der Waals surface area (Å²) in [5.74, 6) is 1.25. The normalized spacial score (nSPS) is 13.4. The first-order chi connectivity index (χ1) is 15.3. The van der Waals surface area contributed by atoms with Gasteiger partial charge < -0.3 is 5.32 Å². The summed E-state index contributed by atoms with van der Waals surface area (Å²) in [6, 6.07) is 15.9. The standard InChI is InChI=1S/C24H16N6S/c25-13-16-7-10-27-20-12-19(14-5-8-26-9-6-14)29-23(22(16)20)28-17-3-4-18-21(11-17)31-24(30-18)15-1-2-15/h3-12,15H,1-2H2,(H,28,29). The number of hydrogen-bond donors (Lipinski definition) is 1. The molecule has 0 atom stereocenters. The minimum atomic E-state index is 0.538. The molecule has 148 valence electrons. The van der Waals surface area contributed by atoms with E-state index in [1.54, 1.807) is 36.0 Å². The van der Waals surface area contributed by atoms with E-state index in [9.17, 15) is 5.26 Å². The summed E-state index contributed by atoms with van der Waals surface area (Å²) in [5, 5.41) is 15.0. The fourth-order valence-corrected chi connectivity index (χ4v) is 4.87. The summed E-state index contributed by atoms with van der Waals surface area (Å²) >= 11 is 1.76. The van der Waals surface area contributed by atoms with Crippen LogP contribution in [0.4, 0.5) is 11.5 Å². The van der Waals surface area contributed by atoms with Gasteiger partial charge in [0, 0.05) is 35.8 Å². The van der Waals surface area contributed by atoms with Gasteiger partial charge in [0.1, 0.15) is 11.9 Å². The second-order valence-electron chi connectivity index (χ2n) is 7.59. The molecule has 0 saturated heterocycles. The molecule has 6 nitrogen and oxygen atoms in total. The minimum absolute atomic E-state index is 0.538. The van der Waals surface area contributed by atoms with E-state index in [2.05, 4.69) is 27.4 Å². The summed E-state index contributed by atoms with van der Waals surface area (Å²) in [6.45, 7) is 0. The average molecular weight is 421 g/mol. The van der Waals surface area contributed by atoms with E-state index in [0.717, 1.165) is 32.7 Å². The minimum Gasteiger partial charge on any atom is -0.340 e. The van der Waals surface area contributed by atoms with E-state index in [-0.39, 0.29) is 0 Å². The number of fused-ring (bicyclic) bond motifs is 2. The van der Waals surface area contributed by atoms with Crippen molar-refractivity contribution in [3.8, 4) is 17.3 Å². The summed E-state index contributed by atoms with van der Waals surface area (Å²) in [7, 11) is 0. The Hall–Kier alpha value is -3.89. The molecule has 1 fully saturated rings. The van der Waals surface area contributed by atoms with Crippen LogP contribution >= 0.6 is 11.3 Å². The highest BCUT2D eigenvalue weighted by atomic mass is 32.1. The van der Waals surface area contributed by atoms with Gasteiger partial charge in [-0.3, -0.25) is 9.97 Å². The van der Waals surface area contributed by atoms with Gasteiger partial charge in [-0.05, 0) is 55.3 Å². The molecule has 5 aromatic rings. The van der Waals surface area contributed by atoms with Crippen molar-refractivity contribution in [3.63, 3.8) is 0 Å². The van der Waals surface area contributed by atoms with Crippen LogP contribution in [0.15, 0.2) is 61.1 Å². The maximum Gasteiger partial charge on any atom is 0.141 e. The summed E-state index contributed by atoms with van der Waals surface area (Å²) in [4.78, 5) is 18.2. The monoisotopic (exact) mass is 420 g/mol. The maximum absolute atomic E-state index is 9.67. The topological polar surface area (TPSA) is 87.4 Å². The lowest BCUT2D eigenvalue weighted by Gasteiger charge is -2.12. The van der Waals surface area contributed by atoms with E-state index in [4.69, 9.17) is 9.97 Å². The number of aromatic nitrogens is 4. The lowest BCUT2D eigenvalue weighted by atomic mass is 10.1. The zero-order chi connectivity index (χ0) is 20.8. The van der Waals surface area contributed by atoms with Crippen molar-refractivity contribution in [1.29, 1.82) is 5.26 Å². The fraction of sp³-hybridized carbons (Fsp3) is 0.125. The molecule has 1 N–H and O–H groups in total. The number of pyridine rings is 3. The Bertz CT molecular complexity index is 1480. The number of rotatable bonds is 4. The Morgan fingerprint density at radius 2 is 1.84 bits per heavy atom. The molecule has 7 heteroatoms. The number of anilines is 2.